The van der Waals surface area contributed by atoms with Crippen LogP contribution in [0.2, 0.25) is 10.0 Å². The smallest absolute Gasteiger partial charge is 0.249 e. The number of anilines is 1. The van der Waals surface area contributed by atoms with Crippen LogP contribution in [-0.2, 0) is 22.6 Å². The van der Waals surface area contributed by atoms with E-state index in [-0.39, 0.29) is 13.0 Å². The lowest BCUT2D eigenvalue weighted by Gasteiger charge is -2.17. The number of ether oxygens (including phenoxy) is 2. The van der Waals surface area contributed by atoms with Crippen LogP contribution in [0.3, 0.4) is 0 Å². The van der Waals surface area contributed by atoms with Crippen LogP contribution in [0.25, 0.3) is 0 Å². The zero-order valence-corrected chi connectivity index (χ0v) is 23.7. The number of carbonyl (C=O) groups excluding carboxylic acids is 2. The summed E-state index contributed by atoms with van der Waals surface area (Å²) in [5, 5.41) is 7.79. The van der Waals surface area contributed by atoms with Crippen molar-refractivity contribution in [1.29, 1.82) is 0 Å². The molecule has 0 spiro atoms. The first kappa shape index (κ1) is 29.7. The molecule has 7 nitrogen and oxygen atoms in total. The van der Waals surface area contributed by atoms with Crippen molar-refractivity contribution in [3.8, 4) is 11.5 Å². The van der Waals surface area contributed by atoms with E-state index in [1.165, 1.54) is 6.21 Å². The molecule has 0 saturated carbocycles. The summed E-state index contributed by atoms with van der Waals surface area (Å²) in [6.07, 6.45) is 3.38. The molecule has 0 aliphatic rings. The lowest BCUT2D eigenvalue weighted by Crippen LogP contribution is -2.24. The fourth-order valence-electron chi connectivity index (χ4n) is 3.67. The van der Waals surface area contributed by atoms with E-state index in [0.29, 0.717) is 45.8 Å². The molecule has 204 valence electrons. The number of aryl methyl sites for hydroxylation is 2. The highest BCUT2D eigenvalue weighted by Crippen LogP contribution is 2.35. The van der Waals surface area contributed by atoms with Crippen molar-refractivity contribution in [3.05, 3.63) is 99.0 Å². The van der Waals surface area contributed by atoms with Crippen LogP contribution in [-0.4, -0.2) is 24.6 Å². The van der Waals surface area contributed by atoms with Crippen molar-refractivity contribution in [2.75, 3.05) is 11.9 Å². The van der Waals surface area contributed by atoms with Gasteiger partial charge in [0.1, 0.15) is 13.0 Å². The Labute approximate surface area is 238 Å². The standard InChI is InChI=1S/C30H31Cl2N3O4/c1-5-7-22-13-21(14-27(38-6-2)30(22)39-18-23-9-10-24(31)15-26(23)32)17-33-35-29(37)16-28(36)34-25-11-8-19(3)20(4)12-25/h5,8-15,17H,1,6-7,16,18H2,2-4H3,(H,34,36)(H,35,37). The fourth-order valence-corrected chi connectivity index (χ4v) is 4.13. The summed E-state index contributed by atoms with van der Waals surface area (Å²) in [7, 11) is 0. The van der Waals surface area contributed by atoms with E-state index in [1.54, 1.807) is 30.3 Å². The molecule has 0 heterocycles. The number of nitrogens with zero attached hydrogens (tertiary/aromatic N) is 1. The average molecular weight is 569 g/mol. The summed E-state index contributed by atoms with van der Waals surface area (Å²) in [4.78, 5) is 24.5. The Morgan fingerprint density at radius 2 is 1.77 bits per heavy atom. The predicted octanol–water partition coefficient (Wildman–Crippen LogP) is 6.80. The van der Waals surface area contributed by atoms with Crippen LogP contribution >= 0.6 is 23.2 Å². The minimum absolute atomic E-state index is 0.216. The number of benzene rings is 3. The zero-order chi connectivity index (χ0) is 28.4. The molecule has 0 saturated heterocycles. The number of hydrogen-bond donors (Lipinski definition) is 2. The molecule has 0 radical (unpaired) electrons. The Hall–Kier alpha value is -3.81. The van der Waals surface area contributed by atoms with Gasteiger partial charge in [0.15, 0.2) is 11.5 Å². The zero-order valence-electron chi connectivity index (χ0n) is 22.1. The maximum atomic E-state index is 12.3. The Balaban J connectivity index is 1.68. The number of rotatable bonds is 12. The normalized spacial score (nSPS) is 10.8. The maximum Gasteiger partial charge on any atom is 0.249 e. The molecule has 2 N–H and O–H groups in total. The van der Waals surface area contributed by atoms with E-state index >= 15 is 0 Å². The molecule has 3 aromatic carbocycles. The first-order valence-corrected chi connectivity index (χ1v) is 13.1. The largest absolute Gasteiger partial charge is 0.490 e. The molecule has 3 rings (SSSR count). The Morgan fingerprint density at radius 3 is 2.46 bits per heavy atom. The highest BCUT2D eigenvalue weighted by Gasteiger charge is 2.15. The maximum absolute atomic E-state index is 12.3. The van der Waals surface area contributed by atoms with E-state index in [9.17, 15) is 9.59 Å². The first-order chi connectivity index (χ1) is 18.7. The third-order valence-electron chi connectivity index (χ3n) is 5.72. The molecular weight excluding hydrogens is 537 g/mol. The summed E-state index contributed by atoms with van der Waals surface area (Å²) in [6.45, 7) is 10.3. The van der Waals surface area contributed by atoms with Gasteiger partial charge in [0, 0.05) is 26.9 Å². The first-order valence-electron chi connectivity index (χ1n) is 12.4. The molecule has 0 aromatic heterocycles. The van der Waals surface area contributed by atoms with Gasteiger partial charge in [-0.1, -0.05) is 41.4 Å². The monoisotopic (exact) mass is 567 g/mol. The van der Waals surface area contributed by atoms with Crippen LogP contribution in [0, 0.1) is 13.8 Å². The van der Waals surface area contributed by atoms with Gasteiger partial charge in [0.2, 0.25) is 11.8 Å². The van der Waals surface area contributed by atoms with Crippen molar-refractivity contribution in [2.45, 2.75) is 40.2 Å². The number of allylic oxidation sites excluding steroid dienone is 1. The lowest BCUT2D eigenvalue weighted by atomic mass is 10.1. The number of carbonyl (C=O) groups is 2. The van der Waals surface area contributed by atoms with Crippen LogP contribution in [0.5, 0.6) is 11.5 Å². The van der Waals surface area contributed by atoms with Gasteiger partial charge in [-0.15, -0.1) is 6.58 Å². The van der Waals surface area contributed by atoms with Gasteiger partial charge >= 0.3 is 0 Å². The van der Waals surface area contributed by atoms with Gasteiger partial charge in [-0.05, 0) is 80.3 Å². The van der Waals surface area contributed by atoms with Crippen molar-refractivity contribution in [2.24, 2.45) is 5.10 Å². The van der Waals surface area contributed by atoms with Crippen LogP contribution in [0.15, 0.2) is 66.3 Å². The molecule has 3 aromatic rings. The molecular formula is C30H31Cl2N3O4. The van der Waals surface area contributed by atoms with Crippen LogP contribution in [0.1, 0.15) is 41.2 Å². The molecule has 2 amide bonds. The second-order valence-corrected chi connectivity index (χ2v) is 9.62. The summed E-state index contributed by atoms with van der Waals surface area (Å²) >= 11 is 12.3. The number of hydrogen-bond acceptors (Lipinski definition) is 5. The van der Waals surface area contributed by atoms with E-state index in [2.05, 4.69) is 22.4 Å². The summed E-state index contributed by atoms with van der Waals surface area (Å²) in [6, 6.07) is 14.4. The SMILES string of the molecule is C=CCc1cc(C=NNC(=O)CC(=O)Nc2ccc(C)c(C)c2)cc(OCC)c1OCc1ccc(Cl)cc1Cl. The highest BCUT2D eigenvalue weighted by atomic mass is 35.5. The van der Waals surface area contributed by atoms with Crippen molar-refractivity contribution in [1.82, 2.24) is 5.43 Å². The molecule has 9 heteroatoms. The van der Waals surface area contributed by atoms with Gasteiger partial charge in [-0.2, -0.15) is 5.10 Å². The summed E-state index contributed by atoms with van der Waals surface area (Å²) in [5.41, 5.74) is 7.48. The third-order valence-corrected chi connectivity index (χ3v) is 6.31. The van der Waals surface area contributed by atoms with Gasteiger partial charge in [0.25, 0.3) is 0 Å². The Kier molecular flexibility index (Phi) is 11.0. The van der Waals surface area contributed by atoms with E-state index in [0.717, 1.165) is 22.3 Å². The van der Waals surface area contributed by atoms with E-state index in [1.807, 2.05) is 45.0 Å². The van der Waals surface area contributed by atoms with Crippen molar-refractivity contribution < 1.29 is 19.1 Å². The van der Waals surface area contributed by atoms with Crippen LogP contribution < -0.4 is 20.2 Å². The number of hydrazone groups is 1. The quantitative estimate of drug-likeness (QED) is 0.109. The predicted molar refractivity (Wildman–Crippen MR) is 157 cm³/mol. The number of amides is 2. The van der Waals surface area contributed by atoms with Crippen molar-refractivity contribution >= 4 is 46.9 Å². The summed E-state index contributed by atoms with van der Waals surface area (Å²) in [5.74, 6) is 0.110. The molecule has 0 fully saturated rings. The molecule has 0 aliphatic heterocycles. The van der Waals surface area contributed by atoms with Gasteiger partial charge in [-0.3, -0.25) is 9.59 Å². The van der Waals surface area contributed by atoms with Gasteiger partial charge < -0.3 is 14.8 Å². The molecule has 0 aliphatic carbocycles. The fraction of sp³-hybridized carbons (Fsp3) is 0.233. The second kappa shape index (κ2) is 14.4. The highest BCUT2D eigenvalue weighted by molar-refractivity contribution is 6.35. The molecule has 0 unspecified atom stereocenters. The minimum atomic E-state index is -0.538. The third kappa shape index (κ3) is 8.87. The van der Waals surface area contributed by atoms with E-state index in [4.69, 9.17) is 32.7 Å². The average Bonchev–Trinajstić information content (AvgIpc) is 2.87. The number of nitrogens with one attached hydrogen (secondary N) is 2. The van der Waals surface area contributed by atoms with Crippen LogP contribution in [0.4, 0.5) is 5.69 Å². The van der Waals surface area contributed by atoms with Crippen molar-refractivity contribution in [3.63, 3.8) is 0 Å². The molecule has 0 bridgehead atoms. The Bertz CT molecular complexity index is 1390. The lowest BCUT2D eigenvalue weighted by molar-refractivity contribution is -0.126. The van der Waals surface area contributed by atoms with Gasteiger partial charge in [0.05, 0.1) is 12.8 Å². The van der Waals surface area contributed by atoms with Gasteiger partial charge in [-0.25, -0.2) is 5.43 Å². The molecule has 0 atom stereocenters. The summed E-state index contributed by atoms with van der Waals surface area (Å²) < 4.78 is 12.0. The topological polar surface area (TPSA) is 89.0 Å². The molecule has 39 heavy (non-hydrogen) atoms. The second-order valence-electron chi connectivity index (χ2n) is 8.77. The minimum Gasteiger partial charge on any atom is -0.490 e. The van der Waals surface area contributed by atoms with E-state index < -0.39 is 11.8 Å². The Morgan fingerprint density at radius 1 is 0.974 bits per heavy atom. The number of halogens is 2.